The van der Waals surface area contributed by atoms with Gasteiger partial charge in [-0.2, -0.15) is 23.3 Å². The highest BCUT2D eigenvalue weighted by Crippen LogP contribution is 2.33. The molecule has 0 aliphatic carbocycles. The Labute approximate surface area is 236 Å². The molecule has 0 radical (unpaired) electrons. The number of carbonyl (C=O) groups excluding carboxylic acids is 1. The number of guanidine groups is 1. The Morgan fingerprint density at radius 2 is 1.63 bits per heavy atom. The van der Waals surface area contributed by atoms with Crippen molar-refractivity contribution in [3.05, 3.63) is 99.9 Å². The molecule has 0 saturated heterocycles. The highest BCUT2D eigenvalue weighted by Gasteiger charge is 2.36. The maximum absolute atomic E-state index is 14.0. The van der Waals surface area contributed by atoms with E-state index in [1.54, 1.807) is 0 Å². The van der Waals surface area contributed by atoms with Crippen LogP contribution in [0.4, 0.5) is 42.2 Å². The number of hydrogen-bond acceptors (Lipinski definition) is 4. The summed E-state index contributed by atoms with van der Waals surface area (Å²) >= 11 is 11.8. The lowest BCUT2D eigenvalue weighted by Gasteiger charge is -2.13. The maximum Gasteiger partial charge on any atom is 0.573 e. The molecule has 41 heavy (non-hydrogen) atoms. The van der Waals surface area contributed by atoms with Crippen LogP contribution < -0.4 is 15.4 Å². The average molecular weight is 620 g/mol. The standard InChI is InChI=1S/C25H14Cl2F7N5O2/c26-14-4-1-3-13(7-14)22(40)37-23(35-17-9-15(27)8-16(28)10-17)36-21-12-20(24(29,30)31)38-39(21)18-5-2-6-19(11-18)41-25(32,33)34/h1-12H,(H2,35,36,37,40). The minimum Gasteiger partial charge on any atom is -0.406 e. The van der Waals surface area contributed by atoms with Gasteiger partial charge in [0.25, 0.3) is 5.91 Å². The first-order valence-electron chi connectivity index (χ1n) is 11.1. The number of halogens is 9. The first kappa shape index (κ1) is 29.7. The van der Waals surface area contributed by atoms with Crippen LogP contribution in [0.1, 0.15) is 16.1 Å². The number of amides is 1. The Balaban J connectivity index is 1.83. The van der Waals surface area contributed by atoms with Crippen molar-refractivity contribution in [1.29, 1.82) is 0 Å². The molecule has 1 aromatic heterocycles. The SMILES string of the molecule is O=C(N/C(=N/c1cc(C(F)(F)F)nn1-c1cccc(OC(F)(F)F)c1)Nc1cc(F)cc(Cl)c1)c1cccc(Cl)c1. The molecule has 4 aromatic rings. The van der Waals surface area contributed by atoms with Crippen molar-refractivity contribution >= 4 is 46.6 Å². The number of aliphatic imine (C=N–C) groups is 1. The molecule has 7 nitrogen and oxygen atoms in total. The van der Waals surface area contributed by atoms with Crippen LogP contribution in [0.2, 0.25) is 10.0 Å². The lowest BCUT2D eigenvalue weighted by molar-refractivity contribution is -0.274. The number of hydrogen-bond donors (Lipinski definition) is 2. The number of rotatable bonds is 5. The number of benzene rings is 3. The lowest BCUT2D eigenvalue weighted by atomic mass is 10.2. The van der Waals surface area contributed by atoms with Gasteiger partial charge in [0.1, 0.15) is 11.6 Å². The molecule has 214 valence electrons. The van der Waals surface area contributed by atoms with Crippen LogP contribution in [-0.2, 0) is 6.18 Å². The van der Waals surface area contributed by atoms with Gasteiger partial charge >= 0.3 is 12.5 Å². The molecule has 16 heteroatoms. The van der Waals surface area contributed by atoms with Gasteiger partial charge in [-0.3, -0.25) is 10.1 Å². The number of aromatic nitrogens is 2. The molecule has 2 N–H and O–H groups in total. The summed E-state index contributed by atoms with van der Waals surface area (Å²) in [6.45, 7) is 0. The Bertz CT molecular complexity index is 1600. The normalized spacial score (nSPS) is 12.3. The number of anilines is 1. The average Bonchev–Trinajstić information content (AvgIpc) is 3.27. The number of ether oxygens (including phenoxy) is 1. The van der Waals surface area contributed by atoms with E-state index in [0.717, 1.165) is 36.4 Å². The van der Waals surface area contributed by atoms with Crippen molar-refractivity contribution in [1.82, 2.24) is 15.1 Å². The molecule has 0 bridgehead atoms. The zero-order chi connectivity index (χ0) is 29.9. The van der Waals surface area contributed by atoms with Crippen LogP contribution in [-0.4, -0.2) is 28.0 Å². The third-order valence-corrected chi connectivity index (χ3v) is 5.40. The number of alkyl halides is 6. The highest BCUT2D eigenvalue weighted by molar-refractivity contribution is 6.31. The van der Waals surface area contributed by atoms with Gasteiger partial charge in [0.2, 0.25) is 5.96 Å². The van der Waals surface area contributed by atoms with Crippen LogP contribution >= 0.6 is 23.2 Å². The quantitative estimate of drug-likeness (QED) is 0.136. The molecule has 4 rings (SSSR count). The largest absolute Gasteiger partial charge is 0.573 e. The summed E-state index contributed by atoms with van der Waals surface area (Å²) in [5, 5.41) is 8.49. The Morgan fingerprint density at radius 3 is 2.29 bits per heavy atom. The second-order valence-corrected chi connectivity index (χ2v) is 8.92. The van der Waals surface area contributed by atoms with E-state index < -0.39 is 47.5 Å². The summed E-state index contributed by atoms with van der Waals surface area (Å²) in [5.74, 6) is -3.45. The van der Waals surface area contributed by atoms with E-state index in [4.69, 9.17) is 23.2 Å². The maximum atomic E-state index is 14.0. The molecule has 0 unspecified atom stereocenters. The molecule has 0 atom stereocenters. The van der Waals surface area contributed by atoms with Crippen molar-refractivity contribution in [3.63, 3.8) is 0 Å². The van der Waals surface area contributed by atoms with Crippen molar-refractivity contribution in [3.8, 4) is 11.4 Å². The fourth-order valence-electron chi connectivity index (χ4n) is 3.37. The highest BCUT2D eigenvalue weighted by atomic mass is 35.5. The van der Waals surface area contributed by atoms with E-state index in [9.17, 15) is 35.5 Å². The minimum absolute atomic E-state index is 0.0331. The minimum atomic E-state index is -5.07. The summed E-state index contributed by atoms with van der Waals surface area (Å²) in [5.41, 5.74) is -1.77. The fourth-order valence-corrected chi connectivity index (χ4v) is 3.78. The van der Waals surface area contributed by atoms with Gasteiger partial charge < -0.3 is 10.1 Å². The summed E-state index contributed by atoms with van der Waals surface area (Å²) in [6, 6.07) is 13.3. The topological polar surface area (TPSA) is 80.5 Å². The first-order valence-corrected chi connectivity index (χ1v) is 11.8. The Hall–Kier alpha value is -4.30. The predicted molar refractivity (Wildman–Crippen MR) is 136 cm³/mol. The Morgan fingerprint density at radius 1 is 0.902 bits per heavy atom. The molecule has 1 heterocycles. The third kappa shape index (κ3) is 8.11. The van der Waals surface area contributed by atoms with Crippen LogP contribution in [0.25, 0.3) is 5.69 Å². The number of nitrogens with zero attached hydrogens (tertiary/aromatic N) is 3. The molecule has 0 aliphatic heterocycles. The van der Waals surface area contributed by atoms with Crippen LogP contribution in [0.15, 0.2) is 77.8 Å². The van der Waals surface area contributed by atoms with Crippen LogP contribution in [0.5, 0.6) is 5.75 Å². The summed E-state index contributed by atoms with van der Waals surface area (Å²) < 4.78 is 97.3. The van der Waals surface area contributed by atoms with Crippen molar-refractivity contribution in [2.75, 3.05) is 5.32 Å². The van der Waals surface area contributed by atoms with Crippen LogP contribution in [0.3, 0.4) is 0 Å². The van der Waals surface area contributed by atoms with E-state index in [2.05, 4.69) is 25.5 Å². The van der Waals surface area contributed by atoms with Crippen LogP contribution in [0, 0.1) is 5.82 Å². The zero-order valence-corrected chi connectivity index (χ0v) is 21.5. The van der Waals surface area contributed by atoms with E-state index in [0.29, 0.717) is 10.7 Å². The molecule has 1 amide bonds. The second-order valence-electron chi connectivity index (χ2n) is 8.05. The van der Waals surface area contributed by atoms with Crippen molar-refractivity contribution in [2.24, 2.45) is 4.99 Å². The van der Waals surface area contributed by atoms with E-state index in [1.165, 1.54) is 30.3 Å². The Kier molecular flexibility index (Phi) is 8.44. The molecule has 0 spiro atoms. The summed E-state index contributed by atoms with van der Waals surface area (Å²) in [7, 11) is 0. The smallest absolute Gasteiger partial charge is 0.406 e. The van der Waals surface area contributed by atoms with Crippen molar-refractivity contribution in [2.45, 2.75) is 12.5 Å². The first-order chi connectivity index (χ1) is 19.2. The molecule has 0 saturated carbocycles. The molecule has 0 fully saturated rings. The molecule has 3 aromatic carbocycles. The molecular weight excluding hydrogens is 606 g/mol. The summed E-state index contributed by atoms with van der Waals surface area (Å²) in [4.78, 5) is 16.9. The second kappa shape index (κ2) is 11.7. The van der Waals surface area contributed by atoms with Gasteiger partial charge in [-0.1, -0.05) is 35.3 Å². The molecule has 0 aliphatic rings. The van der Waals surface area contributed by atoms with Gasteiger partial charge in [-0.15, -0.1) is 13.2 Å². The van der Waals surface area contributed by atoms with E-state index in [1.807, 2.05) is 0 Å². The van der Waals surface area contributed by atoms with Gasteiger partial charge in [-0.25, -0.2) is 9.07 Å². The molecular formula is C25H14Cl2F7N5O2. The summed E-state index contributed by atoms with van der Waals surface area (Å²) in [6.07, 6.45) is -10.1. The predicted octanol–water partition coefficient (Wildman–Crippen LogP) is 7.77. The number of nitrogens with one attached hydrogen (secondary N) is 2. The van der Waals surface area contributed by atoms with Gasteiger partial charge in [0.05, 0.1) is 5.69 Å². The lowest BCUT2D eigenvalue weighted by Crippen LogP contribution is -2.36. The third-order valence-electron chi connectivity index (χ3n) is 4.95. The monoisotopic (exact) mass is 619 g/mol. The van der Waals surface area contributed by atoms with Gasteiger partial charge in [-0.05, 0) is 48.5 Å². The fraction of sp³-hybridized carbons (Fsp3) is 0.0800. The van der Waals surface area contributed by atoms with E-state index >= 15 is 0 Å². The van der Waals surface area contributed by atoms with Crippen molar-refractivity contribution < 1.29 is 40.3 Å². The van der Waals surface area contributed by atoms with Gasteiger partial charge in [0.15, 0.2) is 11.5 Å². The number of carbonyl (C=O) groups is 1. The van der Waals surface area contributed by atoms with E-state index in [-0.39, 0.29) is 27.0 Å². The van der Waals surface area contributed by atoms with Gasteiger partial charge in [0, 0.05) is 33.4 Å². The zero-order valence-electron chi connectivity index (χ0n) is 20.0.